The number of nitrogens with one attached hydrogen (secondary N) is 1. The van der Waals surface area contributed by atoms with Crippen molar-refractivity contribution in [1.82, 2.24) is 29.9 Å². The second-order valence-corrected chi connectivity index (χ2v) is 7.52. The molecule has 8 nitrogen and oxygen atoms in total. The van der Waals surface area contributed by atoms with E-state index < -0.39 is 0 Å². The van der Waals surface area contributed by atoms with Gasteiger partial charge in [0.2, 0.25) is 0 Å². The standard InChI is InChI=1S/C22H35N7O/c1-3-21-26-25-19-29(21)12-11-24-22(23-10-7-17-30-2)28-15-13-27(14-16-28)18-20-8-5-4-6-9-20/h4-6,8-9,19H,3,7,10-18H2,1-2H3,(H,23,24). The number of rotatable bonds is 10. The summed E-state index contributed by atoms with van der Waals surface area (Å²) in [5.41, 5.74) is 1.37. The van der Waals surface area contributed by atoms with Crippen LogP contribution in [0.1, 0.15) is 24.7 Å². The monoisotopic (exact) mass is 413 g/mol. The summed E-state index contributed by atoms with van der Waals surface area (Å²) in [5.74, 6) is 2.02. The highest BCUT2D eigenvalue weighted by atomic mass is 16.5. The van der Waals surface area contributed by atoms with E-state index in [9.17, 15) is 0 Å². The maximum atomic E-state index is 5.17. The molecule has 0 unspecified atom stereocenters. The molecule has 0 atom stereocenters. The van der Waals surface area contributed by atoms with Gasteiger partial charge in [-0.05, 0) is 12.0 Å². The Kier molecular flexibility index (Phi) is 9.11. The third-order valence-electron chi connectivity index (χ3n) is 5.34. The van der Waals surface area contributed by atoms with Gasteiger partial charge in [0, 0.05) is 72.5 Å². The predicted octanol–water partition coefficient (Wildman–Crippen LogP) is 1.64. The van der Waals surface area contributed by atoms with Crippen LogP contribution in [0.3, 0.4) is 0 Å². The van der Waals surface area contributed by atoms with Crippen LogP contribution in [-0.2, 0) is 24.2 Å². The third-order valence-corrected chi connectivity index (χ3v) is 5.34. The van der Waals surface area contributed by atoms with E-state index in [-0.39, 0.29) is 0 Å². The maximum absolute atomic E-state index is 5.17. The van der Waals surface area contributed by atoms with Crippen LogP contribution in [0.4, 0.5) is 0 Å². The number of aromatic nitrogens is 3. The lowest BCUT2D eigenvalue weighted by Crippen LogP contribution is -2.52. The normalized spacial score (nSPS) is 15.5. The zero-order valence-electron chi connectivity index (χ0n) is 18.3. The topological polar surface area (TPSA) is 70.8 Å². The Bertz CT molecular complexity index is 754. The number of aryl methyl sites for hydroxylation is 1. The fraction of sp³-hybridized carbons (Fsp3) is 0.591. The highest BCUT2D eigenvalue weighted by Gasteiger charge is 2.19. The second kappa shape index (κ2) is 12.3. The van der Waals surface area contributed by atoms with E-state index in [1.54, 1.807) is 13.4 Å². The van der Waals surface area contributed by atoms with Crippen molar-refractivity contribution in [3.63, 3.8) is 0 Å². The van der Waals surface area contributed by atoms with E-state index in [2.05, 4.69) is 67.1 Å². The molecule has 0 spiro atoms. The average Bonchev–Trinajstić information content (AvgIpc) is 3.24. The van der Waals surface area contributed by atoms with Crippen molar-refractivity contribution < 1.29 is 4.74 Å². The summed E-state index contributed by atoms with van der Waals surface area (Å²) in [6, 6.07) is 10.7. The summed E-state index contributed by atoms with van der Waals surface area (Å²) in [7, 11) is 1.74. The first kappa shape index (κ1) is 22.2. The van der Waals surface area contributed by atoms with Gasteiger partial charge in [0.1, 0.15) is 12.2 Å². The van der Waals surface area contributed by atoms with Gasteiger partial charge in [-0.25, -0.2) is 0 Å². The molecule has 1 aliphatic rings. The predicted molar refractivity (Wildman–Crippen MR) is 119 cm³/mol. The maximum Gasteiger partial charge on any atom is 0.194 e. The molecule has 164 valence electrons. The Morgan fingerprint density at radius 3 is 2.70 bits per heavy atom. The Morgan fingerprint density at radius 2 is 1.97 bits per heavy atom. The molecule has 2 aromatic rings. The van der Waals surface area contributed by atoms with Crippen molar-refractivity contribution in [1.29, 1.82) is 0 Å². The summed E-state index contributed by atoms with van der Waals surface area (Å²) in [4.78, 5) is 9.74. The number of piperazine rings is 1. The number of nitrogens with zero attached hydrogens (tertiary/aromatic N) is 6. The highest BCUT2D eigenvalue weighted by molar-refractivity contribution is 5.80. The Morgan fingerprint density at radius 1 is 1.17 bits per heavy atom. The lowest BCUT2D eigenvalue weighted by molar-refractivity contribution is 0.172. The largest absolute Gasteiger partial charge is 0.385 e. The van der Waals surface area contributed by atoms with E-state index >= 15 is 0 Å². The number of methoxy groups -OCH3 is 1. The van der Waals surface area contributed by atoms with Crippen LogP contribution in [0, 0.1) is 0 Å². The number of hydrogen-bond acceptors (Lipinski definition) is 5. The van der Waals surface area contributed by atoms with Crippen LogP contribution in [-0.4, -0.2) is 83.5 Å². The van der Waals surface area contributed by atoms with Crippen LogP contribution >= 0.6 is 0 Å². The minimum Gasteiger partial charge on any atom is -0.385 e. The summed E-state index contributed by atoms with van der Waals surface area (Å²) in [6.45, 7) is 10.3. The van der Waals surface area contributed by atoms with Crippen LogP contribution in [0.25, 0.3) is 0 Å². The van der Waals surface area contributed by atoms with E-state index in [0.717, 1.165) is 83.6 Å². The summed E-state index contributed by atoms with van der Waals surface area (Å²) >= 11 is 0. The Balaban J connectivity index is 1.51. The highest BCUT2D eigenvalue weighted by Crippen LogP contribution is 2.09. The molecule has 0 saturated carbocycles. The molecule has 1 aromatic heterocycles. The molecule has 1 saturated heterocycles. The SMILES string of the molecule is CCc1nncn1CCNC(=NCCCOC)N1CCN(Cc2ccccc2)CC1. The van der Waals surface area contributed by atoms with Crippen LogP contribution in [0.5, 0.6) is 0 Å². The average molecular weight is 414 g/mol. The minimum atomic E-state index is 0.738. The number of guanidine groups is 1. The van der Waals surface area contributed by atoms with E-state index in [1.807, 2.05) is 0 Å². The zero-order chi connectivity index (χ0) is 21.0. The third kappa shape index (κ3) is 6.81. The van der Waals surface area contributed by atoms with Crippen molar-refractivity contribution in [2.75, 3.05) is 53.0 Å². The molecule has 8 heteroatoms. The van der Waals surface area contributed by atoms with E-state index in [1.165, 1.54) is 5.56 Å². The molecule has 2 heterocycles. The molecule has 30 heavy (non-hydrogen) atoms. The summed E-state index contributed by atoms with van der Waals surface area (Å²) < 4.78 is 7.27. The molecule has 1 fully saturated rings. The van der Waals surface area contributed by atoms with Gasteiger partial charge in [0.15, 0.2) is 5.96 Å². The number of hydrogen-bond donors (Lipinski definition) is 1. The van der Waals surface area contributed by atoms with Crippen LogP contribution < -0.4 is 5.32 Å². The first-order valence-electron chi connectivity index (χ1n) is 10.9. The lowest BCUT2D eigenvalue weighted by atomic mass is 10.2. The first-order valence-corrected chi connectivity index (χ1v) is 10.9. The molecule has 0 aliphatic carbocycles. The fourth-order valence-corrected chi connectivity index (χ4v) is 3.65. The lowest BCUT2D eigenvalue weighted by Gasteiger charge is -2.36. The molecular weight excluding hydrogens is 378 g/mol. The fourth-order valence-electron chi connectivity index (χ4n) is 3.65. The van der Waals surface area contributed by atoms with Crippen molar-refractivity contribution in [2.24, 2.45) is 4.99 Å². The van der Waals surface area contributed by atoms with Gasteiger partial charge >= 0.3 is 0 Å². The van der Waals surface area contributed by atoms with Gasteiger partial charge in [-0.3, -0.25) is 9.89 Å². The minimum absolute atomic E-state index is 0.738. The number of benzene rings is 1. The first-order chi connectivity index (χ1) is 14.8. The molecule has 0 amide bonds. The van der Waals surface area contributed by atoms with Gasteiger partial charge in [-0.1, -0.05) is 37.3 Å². The molecule has 0 bridgehead atoms. The number of ether oxygens (including phenoxy) is 1. The molecule has 1 aliphatic heterocycles. The second-order valence-electron chi connectivity index (χ2n) is 7.52. The van der Waals surface area contributed by atoms with Gasteiger partial charge in [0.25, 0.3) is 0 Å². The Labute approximate surface area is 179 Å². The van der Waals surface area contributed by atoms with E-state index in [4.69, 9.17) is 9.73 Å². The quantitative estimate of drug-likeness (QED) is 0.363. The Hall–Kier alpha value is -2.45. The van der Waals surface area contributed by atoms with Gasteiger partial charge in [-0.2, -0.15) is 0 Å². The van der Waals surface area contributed by atoms with Crippen molar-refractivity contribution in [3.8, 4) is 0 Å². The number of aliphatic imine (C=N–C) groups is 1. The van der Waals surface area contributed by atoms with E-state index in [0.29, 0.717) is 0 Å². The van der Waals surface area contributed by atoms with Crippen LogP contribution in [0.15, 0.2) is 41.7 Å². The van der Waals surface area contributed by atoms with Crippen molar-refractivity contribution in [2.45, 2.75) is 32.9 Å². The van der Waals surface area contributed by atoms with Gasteiger partial charge in [0.05, 0.1) is 0 Å². The van der Waals surface area contributed by atoms with Crippen molar-refractivity contribution in [3.05, 3.63) is 48.0 Å². The molecule has 1 N–H and O–H groups in total. The van der Waals surface area contributed by atoms with Gasteiger partial charge < -0.3 is 19.5 Å². The van der Waals surface area contributed by atoms with Crippen molar-refractivity contribution >= 4 is 5.96 Å². The summed E-state index contributed by atoms with van der Waals surface area (Å²) in [5, 5.41) is 11.7. The molecule has 1 aromatic carbocycles. The molecular formula is C22H35N7O. The smallest absolute Gasteiger partial charge is 0.194 e. The molecule has 0 radical (unpaired) electrons. The summed E-state index contributed by atoms with van der Waals surface area (Å²) in [6.07, 6.45) is 3.63. The molecule has 3 rings (SSSR count). The van der Waals surface area contributed by atoms with Gasteiger partial charge in [-0.15, -0.1) is 10.2 Å². The van der Waals surface area contributed by atoms with Crippen LogP contribution in [0.2, 0.25) is 0 Å². The zero-order valence-corrected chi connectivity index (χ0v) is 18.3.